The summed E-state index contributed by atoms with van der Waals surface area (Å²) >= 11 is 0. The minimum atomic E-state index is -0.419. The Bertz CT molecular complexity index is 689. The Balaban J connectivity index is 2.13. The molecule has 3 rings (SSSR count). The van der Waals surface area contributed by atoms with Crippen LogP contribution in [0.3, 0.4) is 0 Å². The van der Waals surface area contributed by atoms with Crippen LogP contribution in [-0.4, -0.2) is 28.3 Å². The Labute approximate surface area is 108 Å². The number of rotatable bonds is 2. The van der Waals surface area contributed by atoms with Crippen molar-refractivity contribution in [1.82, 2.24) is 15.5 Å². The van der Waals surface area contributed by atoms with Crippen molar-refractivity contribution >= 4 is 29.0 Å². The van der Waals surface area contributed by atoms with Crippen molar-refractivity contribution in [3.05, 3.63) is 29.5 Å². The molecule has 0 radical (unpaired) electrons. The van der Waals surface area contributed by atoms with E-state index in [0.29, 0.717) is 23.9 Å². The molecule has 2 N–H and O–H groups in total. The van der Waals surface area contributed by atoms with E-state index in [9.17, 15) is 14.4 Å². The highest BCUT2D eigenvalue weighted by atomic mass is 16.2. The Kier molecular flexibility index (Phi) is 2.63. The standard InChI is InChI=1S/C13H11N3O3/c17-6-7-3-9(10-5-14-16-11(10)4-7)8-1-2-12(18)15-13(8)19/h3-6,8H,1-2H2,(H,14,16)(H,15,18,19). The monoisotopic (exact) mass is 257 g/mol. The van der Waals surface area contributed by atoms with E-state index in [1.165, 1.54) is 0 Å². The first-order valence-electron chi connectivity index (χ1n) is 5.95. The van der Waals surface area contributed by atoms with Gasteiger partial charge in [-0.05, 0) is 24.1 Å². The second kappa shape index (κ2) is 4.31. The molecule has 1 aromatic carbocycles. The number of imide groups is 1. The third-order valence-electron chi connectivity index (χ3n) is 3.36. The molecule has 2 amide bonds. The predicted octanol–water partition coefficient (Wildman–Crippen LogP) is 0.896. The van der Waals surface area contributed by atoms with Crippen LogP contribution in [0, 0.1) is 0 Å². The van der Waals surface area contributed by atoms with E-state index in [2.05, 4.69) is 15.5 Å². The zero-order valence-electron chi connectivity index (χ0n) is 9.97. The summed E-state index contributed by atoms with van der Waals surface area (Å²) in [5, 5.41) is 9.85. The molecule has 1 saturated heterocycles. The summed E-state index contributed by atoms with van der Waals surface area (Å²) in [7, 11) is 0. The molecule has 0 bridgehead atoms. The summed E-state index contributed by atoms with van der Waals surface area (Å²) < 4.78 is 0. The van der Waals surface area contributed by atoms with E-state index in [0.717, 1.165) is 17.2 Å². The van der Waals surface area contributed by atoms with E-state index < -0.39 is 5.92 Å². The normalized spacial score (nSPS) is 19.5. The van der Waals surface area contributed by atoms with Crippen LogP contribution in [0.2, 0.25) is 0 Å². The van der Waals surface area contributed by atoms with Gasteiger partial charge in [0.2, 0.25) is 11.8 Å². The Morgan fingerprint density at radius 1 is 1.32 bits per heavy atom. The molecular weight excluding hydrogens is 246 g/mol. The predicted molar refractivity (Wildman–Crippen MR) is 66.6 cm³/mol. The van der Waals surface area contributed by atoms with E-state index in [1.54, 1.807) is 18.3 Å². The van der Waals surface area contributed by atoms with Gasteiger partial charge in [0.15, 0.2) is 0 Å². The molecule has 6 heteroatoms. The van der Waals surface area contributed by atoms with Crippen molar-refractivity contribution < 1.29 is 14.4 Å². The summed E-state index contributed by atoms with van der Waals surface area (Å²) in [5.41, 5.74) is 1.93. The minimum absolute atomic E-state index is 0.253. The SMILES string of the molecule is O=Cc1cc(C2CCC(=O)NC2=O)c2cn[nH]c2c1. The molecule has 6 nitrogen and oxygen atoms in total. The van der Waals surface area contributed by atoms with Crippen LogP contribution in [0.1, 0.15) is 34.7 Å². The zero-order chi connectivity index (χ0) is 13.4. The first kappa shape index (κ1) is 11.6. The van der Waals surface area contributed by atoms with Gasteiger partial charge >= 0.3 is 0 Å². The van der Waals surface area contributed by atoms with Crippen molar-refractivity contribution in [3.63, 3.8) is 0 Å². The second-order valence-electron chi connectivity index (χ2n) is 4.56. The van der Waals surface area contributed by atoms with E-state index in [4.69, 9.17) is 0 Å². The first-order valence-corrected chi connectivity index (χ1v) is 5.95. The molecule has 2 aromatic rings. The number of nitrogens with one attached hydrogen (secondary N) is 2. The molecule has 0 spiro atoms. The number of benzene rings is 1. The fraction of sp³-hybridized carbons (Fsp3) is 0.231. The molecule has 0 saturated carbocycles. The Morgan fingerprint density at radius 3 is 2.89 bits per heavy atom. The molecule has 2 heterocycles. The third-order valence-corrected chi connectivity index (χ3v) is 3.36. The minimum Gasteiger partial charge on any atom is -0.298 e. The van der Waals surface area contributed by atoms with Gasteiger partial charge in [-0.25, -0.2) is 0 Å². The van der Waals surface area contributed by atoms with Gasteiger partial charge in [0.25, 0.3) is 0 Å². The molecule has 1 aromatic heterocycles. The highest BCUT2D eigenvalue weighted by Gasteiger charge is 2.29. The summed E-state index contributed by atoms with van der Waals surface area (Å²) in [6, 6.07) is 3.37. The summed E-state index contributed by atoms with van der Waals surface area (Å²) in [6.45, 7) is 0. The number of carbonyl (C=O) groups excluding carboxylic acids is 3. The number of amides is 2. The molecule has 1 unspecified atom stereocenters. The van der Waals surface area contributed by atoms with Crippen molar-refractivity contribution in [2.45, 2.75) is 18.8 Å². The average molecular weight is 257 g/mol. The van der Waals surface area contributed by atoms with Crippen molar-refractivity contribution in [3.8, 4) is 0 Å². The van der Waals surface area contributed by atoms with Gasteiger partial charge < -0.3 is 0 Å². The topological polar surface area (TPSA) is 91.9 Å². The van der Waals surface area contributed by atoms with E-state index >= 15 is 0 Å². The van der Waals surface area contributed by atoms with Gasteiger partial charge in [-0.3, -0.25) is 24.8 Å². The zero-order valence-corrected chi connectivity index (χ0v) is 9.97. The van der Waals surface area contributed by atoms with Gasteiger partial charge in [-0.15, -0.1) is 0 Å². The van der Waals surface area contributed by atoms with Crippen molar-refractivity contribution in [1.29, 1.82) is 0 Å². The number of fused-ring (bicyclic) bond motifs is 1. The number of hydrogen-bond acceptors (Lipinski definition) is 4. The molecule has 1 aliphatic heterocycles. The third kappa shape index (κ3) is 1.91. The van der Waals surface area contributed by atoms with E-state index in [1.807, 2.05) is 0 Å². The fourth-order valence-electron chi connectivity index (χ4n) is 2.45. The van der Waals surface area contributed by atoms with Crippen molar-refractivity contribution in [2.24, 2.45) is 0 Å². The van der Waals surface area contributed by atoms with Gasteiger partial charge in [0.1, 0.15) is 6.29 Å². The second-order valence-corrected chi connectivity index (χ2v) is 4.56. The van der Waals surface area contributed by atoms with Crippen LogP contribution >= 0.6 is 0 Å². The Hall–Kier alpha value is -2.50. The van der Waals surface area contributed by atoms with Crippen LogP contribution in [0.15, 0.2) is 18.3 Å². The summed E-state index contributed by atoms with van der Waals surface area (Å²) in [4.78, 5) is 34.1. The number of aromatic nitrogens is 2. The van der Waals surface area contributed by atoms with Crippen LogP contribution in [0.4, 0.5) is 0 Å². The number of H-pyrrole nitrogens is 1. The maximum Gasteiger partial charge on any atom is 0.234 e. The Morgan fingerprint density at radius 2 is 2.16 bits per heavy atom. The first-order chi connectivity index (χ1) is 9.19. The van der Waals surface area contributed by atoms with Gasteiger partial charge in [-0.1, -0.05) is 0 Å². The number of piperidine rings is 1. The number of aldehydes is 1. The van der Waals surface area contributed by atoms with Gasteiger partial charge in [0, 0.05) is 17.4 Å². The average Bonchev–Trinajstić information content (AvgIpc) is 2.86. The van der Waals surface area contributed by atoms with Crippen LogP contribution < -0.4 is 5.32 Å². The lowest BCUT2D eigenvalue weighted by molar-refractivity contribution is -0.134. The molecular formula is C13H11N3O3. The van der Waals surface area contributed by atoms with E-state index in [-0.39, 0.29) is 11.8 Å². The number of hydrogen-bond donors (Lipinski definition) is 2. The molecule has 1 fully saturated rings. The number of carbonyl (C=O) groups is 3. The van der Waals surface area contributed by atoms with Crippen LogP contribution in [-0.2, 0) is 9.59 Å². The smallest absolute Gasteiger partial charge is 0.234 e. The summed E-state index contributed by atoms with van der Waals surface area (Å²) in [5.74, 6) is -0.990. The maximum absolute atomic E-state index is 11.9. The highest BCUT2D eigenvalue weighted by Crippen LogP contribution is 2.31. The fourth-order valence-corrected chi connectivity index (χ4v) is 2.45. The lowest BCUT2D eigenvalue weighted by Gasteiger charge is -2.21. The van der Waals surface area contributed by atoms with Gasteiger partial charge in [-0.2, -0.15) is 5.10 Å². The largest absolute Gasteiger partial charge is 0.298 e. The lowest BCUT2D eigenvalue weighted by atomic mass is 9.87. The molecule has 96 valence electrons. The molecule has 1 atom stereocenters. The molecule has 19 heavy (non-hydrogen) atoms. The van der Waals surface area contributed by atoms with Crippen LogP contribution in [0.25, 0.3) is 10.9 Å². The number of nitrogens with zero attached hydrogens (tertiary/aromatic N) is 1. The lowest BCUT2D eigenvalue weighted by Crippen LogP contribution is -2.39. The van der Waals surface area contributed by atoms with Gasteiger partial charge in [0.05, 0.1) is 17.6 Å². The number of aromatic amines is 1. The molecule has 1 aliphatic rings. The van der Waals surface area contributed by atoms with Crippen molar-refractivity contribution in [2.75, 3.05) is 0 Å². The molecule has 0 aliphatic carbocycles. The maximum atomic E-state index is 11.9. The summed E-state index contributed by atoms with van der Waals surface area (Å²) in [6.07, 6.45) is 3.12. The van der Waals surface area contributed by atoms with Crippen LogP contribution in [0.5, 0.6) is 0 Å². The highest BCUT2D eigenvalue weighted by molar-refractivity contribution is 6.03. The quantitative estimate of drug-likeness (QED) is 0.617.